The zero-order valence-corrected chi connectivity index (χ0v) is 13.2. The number of carbonyl (C=O) groups excluding carboxylic acids is 1. The molecular weight excluding hydrogens is 288 g/mol. The smallest absolute Gasteiger partial charge is 0.339 e. The highest BCUT2D eigenvalue weighted by molar-refractivity contribution is 5.89. The van der Waals surface area contributed by atoms with E-state index in [-0.39, 0.29) is 5.97 Å². The van der Waals surface area contributed by atoms with Gasteiger partial charge in [-0.05, 0) is 12.1 Å². The first kappa shape index (κ1) is 15.0. The molecule has 2 aromatic carbocycles. The van der Waals surface area contributed by atoms with Gasteiger partial charge in [-0.3, -0.25) is 0 Å². The van der Waals surface area contributed by atoms with Crippen molar-refractivity contribution in [3.8, 4) is 0 Å². The molecule has 1 heterocycles. The average Bonchev–Trinajstić information content (AvgIpc) is 2.93. The lowest BCUT2D eigenvalue weighted by Crippen LogP contribution is -2.35. The van der Waals surface area contributed by atoms with Gasteiger partial charge in [0.2, 0.25) is 6.10 Å². The van der Waals surface area contributed by atoms with Gasteiger partial charge in [0.05, 0.1) is 19.7 Å². The summed E-state index contributed by atoms with van der Waals surface area (Å²) in [5, 5.41) is 0. The van der Waals surface area contributed by atoms with Crippen LogP contribution in [0.4, 0.5) is 0 Å². The lowest BCUT2D eigenvalue weighted by atomic mass is 10.1. The summed E-state index contributed by atoms with van der Waals surface area (Å²) in [4.78, 5) is 12.5. The van der Waals surface area contributed by atoms with Crippen LogP contribution in [0.5, 0.6) is 0 Å². The van der Waals surface area contributed by atoms with E-state index in [4.69, 9.17) is 4.74 Å². The number of aromatic nitrogens is 2. The largest absolute Gasteiger partial charge is 0.441 e. The topological polar surface area (TPSA) is 35.1 Å². The highest BCUT2D eigenvalue weighted by Crippen LogP contribution is 2.24. The first-order chi connectivity index (χ1) is 11.2. The third-order valence-electron chi connectivity index (χ3n) is 3.81. The molecule has 4 nitrogen and oxygen atoms in total. The van der Waals surface area contributed by atoms with E-state index in [9.17, 15) is 4.79 Å². The fraction of sp³-hybridized carbons (Fsp3) is 0.158. The van der Waals surface area contributed by atoms with Gasteiger partial charge in [-0.1, -0.05) is 48.5 Å². The average molecular weight is 307 g/mol. The number of rotatable bonds is 4. The maximum absolute atomic E-state index is 12.5. The van der Waals surface area contributed by atoms with Crippen molar-refractivity contribution >= 4 is 5.97 Å². The van der Waals surface area contributed by atoms with Crippen molar-refractivity contribution in [1.29, 1.82) is 0 Å². The van der Waals surface area contributed by atoms with E-state index in [0.29, 0.717) is 5.56 Å². The van der Waals surface area contributed by atoms with Crippen molar-refractivity contribution in [1.82, 2.24) is 4.57 Å². The Labute approximate surface area is 135 Å². The molecule has 3 aromatic rings. The van der Waals surface area contributed by atoms with Crippen LogP contribution >= 0.6 is 0 Å². The quantitative estimate of drug-likeness (QED) is 0.549. The van der Waals surface area contributed by atoms with Gasteiger partial charge in [0.15, 0.2) is 0 Å². The first-order valence-corrected chi connectivity index (χ1v) is 7.48. The van der Waals surface area contributed by atoms with Gasteiger partial charge >= 0.3 is 11.8 Å². The van der Waals surface area contributed by atoms with Crippen molar-refractivity contribution in [3.05, 3.63) is 90.0 Å². The minimum absolute atomic E-state index is 0.333. The van der Waals surface area contributed by atoms with E-state index in [1.54, 1.807) is 12.1 Å². The number of imidazole rings is 1. The van der Waals surface area contributed by atoms with Gasteiger partial charge in [0.1, 0.15) is 12.4 Å². The van der Waals surface area contributed by atoms with Crippen LogP contribution in [0.15, 0.2) is 73.1 Å². The standard InChI is InChI=1S/C19H19N2O2/c1-20-13-14-21(2)18(20)17(15-9-5-3-6-10-15)23-19(22)16-11-7-4-8-12-16/h3-14,17H,1-2H3/q+1. The monoisotopic (exact) mass is 307 g/mol. The predicted molar refractivity (Wildman–Crippen MR) is 86.7 cm³/mol. The number of nitrogens with zero attached hydrogens (tertiary/aromatic N) is 2. The molecule has 0 N–H and O–H groups in total. The fourth-order valence-corrected chi connectivity index (χ4v) is 2.62. The molecule has 0 saturated carbocycles. The minimum atomic E-state index is -0.464. The summed E-state index contributed by atoms with van der Waals surface area (Å²) in [6.07, 6.45) is 3.43. The van der Waals surface area contributed by atoms with Crippen LogP contribution in [0, 0.1) is 0 Å². The third-order valence-corrected chi connectivity index (χ3v) is 3.81. The van der Waals surface area contributed by atoms with Gasteiger partial charge in [-0.2, -0.15) is 0 Å². The van der Waals surface area contributed by atoms with Crippen LogP contribution in [-0.4, -0.2) is 10.5 Å². The predicted octanol–water partition coefficient (Wildman–Crippen LogP) is 2.80. The minimum Gasteiger partial charge on any atom is -0.441 e. The second kappa shape index (κ2) is 6.48. The number of esters is 1. The molecule has 0 saturated heterocycles. The maximum Gasteiger partial charge on any atom is 0.339 e. The van der Waals surface area contributed by atoms with Gasteiger partial charge in [0.25, 0.3) is 0 Å². The molecule has 0 amide bonds. The second-order valence-corrected chi connectivity index (χ2v) is 5.44. The molecule has 116 valence electrons. The fourth-order valence-electron chi connectivity index (χ4n) is 2.62. The van der Waals surface area contributed by atoms with Crippen molar-refractivity contribution < 1.29 is 14.1 Å². The zero-order chi connectivity index (χ0) is 16.2. The van der Waals surface area contributed by atoms with E-state index in [1.807, 2.05) is 84.2 Å². The lowest BCUT2D eigenvalue weighted by molar-refractivity contribution is -0.681. The van der Waals surface area contributed by atoms with Crippen molar-refractivity contribution in [2.24, 2.45) is 14.1 Å². The summed E-state index contributed by atoms with van der Waals surface area (Å²) in [5.74, 6) is 0.570. The van der Waals surface area contributed by atoms with Crippen LogP contribution in [0.1, 0.15) is 27.8 Å². The molecule has 0 radical (unpaired) electrons. The molecule has 0 aliphatic rings. The Balaban J connectivity index is 1.98. The van der Waals surface area contributed by atoms with Gasteiger partial charge in [-0.25, -0.2) is 13.9 Å². The molecule has 0 aliphatic heterocycles. The number of ether oxygens (including phenoxy) is 1. The van der Waals surface area contributed by atoms with E-state index in [2.05, 4.69) is 0 Å². The molecule has 1 aromatic heterocycles. The number of carbonyl (C=O) groups is 1. The Morgan fingerprint density at radius 2 is 1.65 bits per heavy atom. The molecular formula is C19H19N2O2+. The normalized spacial score (nSPS) is 11.9. The van der Waals surface area contributed by atoms with Crippen LogP contribution in [0.2, 0.25) is 0 Å². The van der Waals surface area contributed by atoms with E-state index in [1.165, 1.54) is 0 Å². The molecule has 0 spiro atoms. The highest BCUT2D eigenvalue weighted by Gasteiger charge is 2.30. The van der Waals surface area contributed by atoms with Crippen LogP contribution in [0.25, 0.3) is 0 Å². The Morgan fingerprint density at radius 1 is 1.04 bits per heavy atom. The third kappa shape index (κ3) is 3.16. The zero-order valence-electron chi connectivity index (χ0n) is 13.2. The van der Waals surface area contributed by atoms with Crippen LogP contribution < -0.4 is 4.57 Å². The molecule has 0 fully saturated rings. The summed E-state index contributed by atoms with van der Waals surface area (Å²) in [6.45, 7) is 0. The highest BCUT2D eigenvalue weighted by atomic mass is 16.5. The number of hydrogen-bond acceptors (Lipinski definition) is 2. The Morgan fingerprint density at radius 3 is 2.22 bits per heavy atom. The SMILES string of the molecule is Cn1cc[n+](C)c1C(OC(=O)c1ccccc1)c1ccccc1. The maximum atomic E-state index is 12.5. The van der Waals surface area contributed by atoms with Crippen LogP contribution in [0.3, 0.4) is 0 Å². The summed E-state index contributed by atoms with van der Waals surface area (Å²) in [6, 6.07) is 18.8. The molecule has 1 unspecified atom stereocenters. The van der Waals surface area contributed by atoms with Gasteiger partial charge in [0, 0.05) is 5.56 Å². The second-order valence-electron chi connectivity index (χ2n) is 5.44. The number of hydrogen-bond donors (Lipinski definition) is 0. The molecule has 0 aliphatic carbocycles. The van der Waals surface area contributed by atoms with E-state index in [0.717, 1.165) is 11.4 Å². The van der Waals surface area contributed by atoms with E-state index < -0.39 is 6.10 Å². The number of aryl methyl sites for hydroxylation is 2. The van der Waals surface area contributed by atoms with Gasteiger partial charge < -0.3 is 4.74 Å². The van der Waals surface area contributed by atoms with E-state index >= 15 is 0 Å². The molecule has 4 heteroatoms. The van der Waals surface area contributed by atoms with Crippen molar-refractivity contribution in [3.63, 3.8) is 0 Å². The van der Waals surface area contributed by atoms with Crippen molar-refractivity contribution in [2.45, 2.75) is 6.10 Å². The Kier molecular flexibility index (Phi) is 4.24. The molecule has 3 rings (SSSR count). The lowest BCUT2D eigenvalue weighted by Gasteiger charge is -2.16. The first-order valence-electron chi connectivity index (χ1n) is 7.48. The summed E-state index contributed by atoms with van der Waals surface area (Å²) in [5.41, 5.74) is 1.49. The van der Waals surface area contributed by atoms with Gasteiger partial charge in [-0.15, -0.1) is 0 Å². The molecule has 1 atom stereocenters. The molecule has 0 bridgehead atoms. The van der Waals surface area contributed by atoms with Crippen LogP contribution in [-0.2, 0) is 18.8 Å². The Hall–Kier alpha value is -2.88. The molecule has 23 heavy (non-hydrogen) atoms. The summed E-state index contributed by atoms with van der Waals surface area (Å²) in [7, 11) is 3.89. The van der Waals surface area contributed by atoms with Crippen molar-refractivity contribution in [2.75, 3.05) is 0 Å². The Bertz CT molecular complexity index is 775. The summed E-state index contributed by atoms with van der Waals surface area (Å²) < 4.78 is 9.78. The number of benzene rings is 2. The summed E-state index contributed by atoms with van der Waals surface area (Å²) >= 11 is 0.